The van der Waals surface area contributed by atoms with E-state index >= 15 is 0 Å². The molecule has 3 rings (SSSR count). The van der Waals surface area contributed by atoms with Crippen LogP contribution in [0.15, 0.2) is 29.3 Å². The van der Waals surface area contributed by atoms with E-state index in [9.17, 15) is 0 Å². The van der Waals surface area contributed by atoms with Gasteiger partial charge in [-0.3, -0.25) is 14.6 Å². The Morgan fingerprint density at radius 3 is 2.19 bits per heavy atom. The monoisotopic (exact) mass is 540 g/mol. The van der Waals surface area contributed by atoms with E-state index in [4.69, 9.17) is 4.74 Å². The van der Waals surface area contributed by atoms with Crippen molar-refractivity contribution < 1.29 is 4.74 Å². The van der Waals surface area contributed by atoms with E-state index in [1.54, 1.807) is 7.05 Å². The van der Waals surface area contributed by atoms with Gasteiger partial charge in [-0.15, -0.1) is 24.0 Å². The fourth-order valence-electron chi connectivity index (χ4n) is 4.09. The molecule has 0 bridgehead atoms. The van der Waals surface area contributed by atoms with Crippen molar-refractivity contribution in [1.29, 1.82) is 0 Å². The molecule has 0 saturated carbocycles. The number of nitrogens with one attached hydrogen (secondary N) is 2. The van der Waals surface area contributed by atoms with E-state index in [2.05, 4.69) is 70.7 Å². The number of benzene rings is 1. The molecule has 7 nitrogen and oxygen atoms in total. The van der Waals surface area contributed by atoms with Crippen LogP contribution in [0, 0.1) is 13.8 Å². The first-order chi connectivity index (χ1) is 14.4. The Hall–Kier alpha value is -1.65. The summed E-state index contributed by atoms with van der Waals surface area (Å²) in [7, 11) is 3.77. The Bertz CT molecular complexity index is 854. The molecule has 0 spiro atoms. The van der Waals surface area contributed by atoms with Gasteiger partial charge in [-0.2, -0.15) is 5.10 Å². The normalized spacial score (nSPS) is 19.7. The van der Waals surface area contributed by atoms with Crippen LogP contribution in [0.25, 0.3) is 0 Å². The lowest BCUT2D eigenvalue weighted by Crippen LogP contribution is -2.44. The zero-order chi connectivity index (χ0) is 21.7. The Morgan fingerprint density at radius 1 is 1.06 bits per heavy atom. The van der Waals surface area contributed by atoms with E-state index in [0.717, 1.165) is 37.8 Å². The lowest BCUT2D eigenvalue weighted by Gasteiger charge is -2.35. The number of aromatic nitrogens is 2. The minimum Gasteiger partial charge on any atom is -0.373 e. The van der Waals surface area contributed by atoms with Crippen molar-refractivity contribution in [2.45, 2.75) is 59.5 Å². The third kappa shape index (κ3) is 7.18. The molecule has 0 aliphatic carbocycles. The van der Waals surface area contributed by atoms with Gasteiger partial charge in [0.05, 0.1) is 17.9 Å². The Labute approximate surface area is 203 Å². The molecule has 1 saturated heterocycles. The molecule has 0 amide bonds. The number of aliphatic imine (C=N–C) groups is 1. The minimum absolute atomic E-state index is 0. The largest absolute Gasteiger partial charge is 0.373 e. The summed E-state index contributed by atoms with van der Waals surface area (Å²) >= 11 is 0. The highest BCUT2D eigenvalue weighted by Crippen LogP contribution is 2.15. The average molecular weight is 540 g/mol. The van der Waals surface area contributed by atoms with E-state index < -0.39 is 0 Å². The van der Waals surface area contributed by atoms with Crippen LogP contribution in [0.2, 0.25) is 0 Å². The van der Waals surface area contributed by atoms with Gasteiger partial charge in [-0.05, 0) is 38.8 Å². The topological polar surface area (TPSA) is 66.7 Å². The van der Waals surface area contributed by atoms with Crippen molar-refractivity contribution in [3.8, 4) is 0 Å². The van der Waals surface area contributed by atoms with Crippen LogP contribution in [0.3, 0.4) is 0 Å². The molecule has 1 aromatic heterocycles. The van der Waals surface area contributed by atoms with Gasteiger partial charge >= 0.3 is 0 Å². The summed E-state index contributed by atoms with van der Waals surface area (Å²) in [6.07, 6.45) is 0.603. The van der Waals surface area contributed by atoms with Crippen LogP contribution in [-0.2, 0) is 31.4 Å². The second-order valence-corrected chi connectivity index (χ2v) is 8.32. The molecule has 1 aliphatic rings. The van der Waals surface area contributed by atoms with Gasteiger partial charge in [0.25, 0.3) is 0 Å². The lowest BCUT2D eigenvalue weighted by atomic mass is 10.1. The second-order valence-electron chi connectivity index (χ2n) is 8.32. The third-order valence-electron chi connectivity index (χ3n) is 5.70. The molecule has 1 aliphatic heterocycles. The highest BCUT2D eigenvalue weighted by molar-refractivity contribution is 14.0. The first-order valence-electron chi connectivity index (χ1n) is 10.7. The van der Waals surface area contributed by atoms with Crippen LogP contribution in [-0.4, -0.2) is 53.0 Å². The summed E-state index contributed by atoms with van der Waals surface area (Å²) in [4.78, 5) is 6.81. The molecule has 31 heavy (non-hydrogen) atoms. The van der Waals surface area contributed by atoms with Crippen molar-refractivity contribution >= 4 is 29.9 Å². The van der Waals surface area contributed by atoms with E-state index in [1.165, 1.54) is 22.4 Å². The van der Waals surface area contributed by atoms with Crippen LogP contribution < -0.4 is 10.6 Å². The number of guanidine groups is 1. The van der Waals surface area contributed by atoms with Crippen LogP contribution in [0.4, 0.5) is 0 Å². The van der Waals surface area contributed by atoms with Crippen LogP contribution in [0.5, 0.6) is 0 Å². The van der Waals surface area contributed by atoms with Crippen molar-refractivity contribution in [3.05, 3.63) is 52.3 Å². The number of nitrogens with zero attached hydrogens (tertiary/aromatic N) is 4. The van der Waals surface area contributed by atoms with Crippen LogP contribution in [0.1, 0.15) is 41.9 Å². The summed E-state index contributed by atoms with van der Waals surface area (Å²) in [5.74, 6) is 0.790. The molecular formula is C23H37IN6O. The summed E-state index contributed by atoms with van der Waals surface area (Å²) in [6.45, 7) is 12.8. The summed E-state index contributed by atoms with van der Waals surface area (Å²) < 4.78 is 7.75. The van der Waals surface area contributed by atoms with E-state index in [-0.39, 0.29) is 24.0 Å². The number of aryl methyl sites for hydroxylation is 2. The van der Waals surface area contributed by atoms with Gasteiger partial charge in [0.2, 0.25) is 0 Å². The number of rotatable bonds is 6. The van der Waals surface area contributed by atoms with Crippen molar-refractivity contribution in [1.82, 2.24) is 25.3 Å². The molecule has 0 radical (unpaired) electrons. The van der Waals surface area contributed by atoms with Crippen molar-refractivity contribution in [2.24, 2.45) is 12.0 Å². The molecule has 2 unspecified atom stereocenters. The number of halogens is 1. The van der Waals surface area contributed by atoms with Gasteiger partial charge in [-0.1, -0.05) is 24.3 Å². The predicted octanol–water partition coefficient (Wildman–Crippen LogP) is 3.13. The predicted molar refractivity (Wildman–Crippen MR) is 137 cm³/mol. The molecule has 1 fully saturated rings. The molecule has 172 valence electrons. The average Bonchev–Trinajstić information content (AvgIpc) is 2.94. The smallest absolute Gasteiger partial charge is 0.191 e. The van der Waals surface area contributed by atoms with E-state index in [0.29, 0.717) is 18.8 Å². The minimum atomic E-state index is 0. The fraction of sp³-hybridized carbons (Fsp3) is 0.565. The van der Waals surface area contributed by atoms with Crippen LogP contribution >= 0.6 is 24.0 Å². The lowest BCUT2D eigenvalue weighted by molar-refractivity contribution is -0.0704. The molecule has 1 aromatic carbocycles. The van der Waals surface area contributed by atoms with Gasteiger partial charge < -0.3 is 15.4 Å². The first-order valence-corrected chi connectivity index (χ1v) is 10.7. The van der Waals surface area contributed by atoms with E-state index in [1.807, 2.05) is 18.7 Å². The zero-order valence-corrected chi connectivity index (χ0v) is 21.9. The third-order valence-corrected chi connectivity index (χ3v) is 5.70. The quantitative estimate of drug-likeness (QED) is 0.335. The highest BCUT2D eigenvalue weighted by Gasteiger charge is 2.21. The van der Waals surface area contributed by atoms with Gasteiger partial charge in [0.15, 0.2) is 5.96 Å². The highest BCUT2D eigenvalue weighted by atomic mass is 127. The first kappa shape index (κ1) is 25.6. The number of hydrogen-bond acceptors (Lipinski definition) is 4. The van der Waals surface area contributed by atoms with Gasteiger partial charge in [0.1, 0.15) is 0 Å². The molecule has 8 heteroatoms. The standard InChI is InChI=1S/C23H36N6O.HI/c1-16-13-29(14-17(2)30-16)15-21-9-7-20(8-10-21)11-25-23(24-5)26-12-22-18(3)27-28(6)19(22)4;/h7-10,16-17H,11-15H2,1-6H3,(H2,24,25,26);1H. The molecule has 2 atom stereocenters. The summed E-state index contributed by atoms with van der Waals surface area (Å²) in [6, 6.07) is 8.83. The SMILES string of the molecule is CN=C(NCc1ccc(CN2CC(C)OC(C)C2)cc1)NCc1c(C)nn(C)c1C.I. The fourth-order valence-corrected chi connectivity index (χ4v) is 4.09. The van der Waals surface area contributed by atoms with Crippen molar-refractivity contribution in [2.75, 3.05) is 20.1 Å². The molecule has 2 aromatic rings. The zero-order valence-electron chi connectivity index (χ0n) is 19.6. The Morgan fingerprint density at radius 2 is 1.65 bits per heavy atom. The van der Waals surface area contributed by atoms with Gasteiger partial charge in [-0.25, -0.2) is 0 Å². The Kier molecular flexibility index (Phi) is 9.77. The van der Waals surface area contributed by atoms with Gasteiger partial charge in [0, 0.05) is 58.1 Å². The summed E-state index contributed by atoms with van der Waals surface area (Å²) in [5.41, 5.74) is 6.02. The molecule has 2 N–H and O–H groups in total. The maximum Gasteiger partial charge on any atom is 0.191 e. The molecule has 2 heterocycles. The molecular weight excluding hydrogens is 503 g/mol. The Balaban J connectivity index is 0.00000341. The number of ether oxygens (including phenoxy) is 1. The number of hydrogen-bond donors (Lipinski definition) is 2. The maximum absolute atomic E-state index is 5.83. The number of morpholine rings is 1. The van der Waals surface area contributed by atoms with Crippen molar-refractivity contribution in [3.63, 3.8) is 0 Å². The summed E-state index contributed by atoms with van der Waals surface area (Å²) in [5, 5.41) is 11.3. The maximum atomic E-state index is 5.83. The second kappa shape index (κ2) is 11.8.